The molecule has 2 nitrogen and oxygen atoms in total. The molecule has 0 aromatic heterocycles. The monoisotopic (exact) mass is 299 g/mol. The van der Waals surface area contributed by atoms with Crippen LogP contribution in [0.1, 0.15) is 104 Å². The van der Waals surface area contributed by atoms with Crippen molar-refractivity contribution in [2.45, 2.75) is 116 Å². The van der Waals surface area contributed by atoms with Gasteiger partial charge in [-0.05, 0) is 19.3 Å². The fourth-order valence-corrected chi connectivity index (χ4v) is 3.33. The van der Waals surface area contributed by atoms with Gasteiger partial charge < -0.3 is 10.5 Å². The standard InChI is InChI=1S/C19H41NO/c1-5-8-9-10-11-12-13-14-15-16-17-18(20)19(6-2,7-3)21-4/h18H,5-17,20H2,1-4H3. The van der Waals surface area contributed by atoms with Gasteiger partial charge >= 0.3 is 0 Å². The van der Waals surface area contributed by atoms with Crippen molar-refractivity contribution < 1.29 is 4.74 Å². The topological polar surface area (TPSA) is 35.2 Å². The third-order valence-corrected chi connectivity index (χ3v) is 5.15. The lowest BCUT2D eigenvalue weighted by molar-refractivity contribution is -0.0399. The van der Waals surface area contributed by atoms with Crippen molar-refractivity contribution in [3.8, 4) is 0 Å². The number of rotatable bonds is 15. The first kappa shape index (κ1) is 20.9. The Hall–Kier alpha value is -0.0800. The van der Waals surface area contributed by atoms with E-state index in [2.05, 4.69) is 20.8 Å². The van der Waals surface area contributed by atoms with E-state index in [1.807, 2.05) is 7.11 Å². The van der Waals surface area contributed by atoms with Gasteiger partial charge in [-0.25, -0.2) is 0 Å². The number of methoxy groups -OCH3 is 1. The summed E-state index contributed by atoms with van der Waals surface area (Å²) in [6, 6.07) is 0.187. The molecule has 0 saturated heterocycles. The molecule has 0 aromatic carbocycles. The summed E-state index contributed by atoms with van der Waals surface area (Å²) < 4.78 is 5.72. The molecule has 0 amide bonds. The van der Waals surface area contributed by atoms with E-state index in [0.717, 1.165) is 19.3 Å². The molecule has 0 radical (unpaired) electrons. The Morgan fingerprint density at radius 2 is 1.19 bits per heavy atom. The van der Waals surface area contributed by atoms with Crippen LogP contribution in [0.4, 0.5) is 0 Å². The molecule has 0 aromatic rings. The third-order valence-electron chi connectivity index (χ3n) is 5.15. The van der Waals surface area contributed by atoms with Gasteiger partial charge in [-0.2, -0.15) is 0 Å². The highest BCUT2D eigenvalue weighted by Gasteiger charge is 2.32. The SMILES string of the molecule is CCCCCCCCCCCCC(N)C(CC)(CC)OC. The van der Waals surface area contributed by atoms with Crippen LogP contribution in [0.2, 0.25) is 0 Å². The molecule has 0 aliphatic rings. The van der Waals surface area contributed by atoms with E-state index in [0.29, 0.717) is 0 Å². The quantitative estimate of drug-likeness (QED) is 0.386. The summed E-state index contributed by atoms with van der Waals surface area (Å²) in [5, 5.41) is 0. The zero-order valence-corrected chi connectivity index (χ0v) is 15.3. The minimum Gasteiger partial charge on any atom is -0.377 e. The van der Waals surface area contributed by atoms with Crippen molar-refractivity contribution in [3.05, 3.63) is 0 Å². The molecule has 0 saturated carbocycles. The lowest BCUT2D eigenvalue weighted by Gasteiger charge is -2.36. The van der Waals surface area contributed by atoms with E-state index in [1.54, 1.807) is 0 Å². The van der Waals surface area contributed by atoms with Crippen LogP contribution in [-0.4, -0.2) is 18.8 Å². The van der Waals surface area contributed by atoms with E-state index < -0.39 is 0 Å². The minimum absolute atomic E-state index is 0.0979. The zero-order chi connectivity index (χ0) is 16.0. The van der Waals surface area contributed by atoms with Crippen LogP contribution in [0, 0.1) is 0 Å². The van der Waals surface area contributed by atoms with Gasteiger partial charge in [0.2, 0.25) is 0 Å². The average Bonchev–Trinajstić information content (AvgIpc) is 2.51. The molecule has 0 aliphatic carbocycles. The van der Waals surface area contributed by atoms with Crippen LogP contribution in [-0.2, 0) is 4.74 Å². The summed E-state index contributed by atoms with van der Waals surface area (Å²) in [6.07, 6.45) is 17.0. The molecule has 0 heterocycles. The van der Waals surface area contributed by atoms with Gasteiger partial charge in [-0.3, -0.25) is 0 Å². The molecule has 2 N–H and O–H groups in total. The molecule has 0 bridgehead atoms. The summed E-state index contributed by atoms with van der Waals surface area (Å²) in [5.74, 6) is 0. The molecule has 2 heteroatoms. The predicted molar refractivity (Wildman–Crippen MR) is 94.8 cm³/mol. The summed E-state index contributed by atoms with van der Waals surface area (Å²) in [7, 11) is 1.81. The zero-order valence-electron chi connectivity index (χ0n) is 15.3. The summed E-state index contributed by atoms with van der Waals surface area (Å²) in [6.45, 7) is 6.65. The summed E-state index contributed by atoms with van der Waals surface area (Å²) in [4.78, 5) is 0. The van der Waals surface area contributed by atoms with Crippen LogP contribution in [0.15, 0.2) is 0 Å². The average molecular weight is 300 g/mol. The maximum Gasteiger partial charge on any atom is 0.0823 e. The van der Waals surface area contributed by atoms with Crippen LogP contribution in [0.25, 0.3) is 0 Å². The van der Waals surface area contributed by atoms with Gasteiger partial charge in [0.15, 0.2) is 0 Å². The second kappa shape index (κ2) is 13.6. The van der Waals surface area contributed by atoms with Gasteiger partial charge in [0.25, 0.3) is 0 Å². The number of hydrogen-bond donors (Lipinski definition) is 1. The van der Waals surface area contributed by atoms with Gasteiger partial charge in [-0.15, -0.1) is 0 Å². The second-order valence-electron chi connectivity index (χ2n) is 6.55. The maximum atomic E-state index is 6.37. The van der Waals surface area contributed by atoms with Crippen LogP contribution >= 0.6 is 0 Å². The Balaban J connectivity index is 3.53. The van der Waals surface area contributed by atoms with E-state index in [-0.39, 0.29) is 11.6 Å². The smallest absolute Gasteiger partial charge is 0.0823 e. The highest BCUT2D eigenvalue weighted by molar-refractivity contribution is 4.88. The van der Waals surface area contributed by atoms with Crippen molar-refractivity contribution in [3.63, 3.8) is 0 Å². The first-order valence-electron chi connectivity index (χ1n) is 9.47. The lowest BCUT2D eigenvalue weighted by atomic mass is 9.85. The van der Waals surface area contributed by atoms with Crippen molar-refractivity contribution in [1.82, 2.24) is 0 Å². The predicted octanol–water partition coefficient (Wildman–Crippen LogP) is 5.83. The molecule has 0 aliphatic heterocycles. The summed E-state index contributed by atoms with van der Waals surface area (Å²) in [5.41, 5.74) is 6.27. The normalized spacial score (nSPS) is 13.6. The maximum absolute atomic E-state index is 6.37. The Morgan fingerprint density at radius 1 is 0.762 bits per heavy atom. The van der Waals surface area contributed by atoms with E-state index in [4.69, 9.17) is 10.5 Å². The third kappa shape index (κ3) is 8.83. The Kier molecular flexibility index (Phi) is 13.5. The van der Waals surface area contributed by atoms with E-state index >= 15 is 0 Å². The summed E-state index contributed by atoms with van der Waals surface area (Å²) >= 11 is 0. The lowest BCUT2D eigenvalue weighted by Crippen LogP contribution is -2.48. The highest BCUT2D eigenvalue weighted by atomic mass is 16.5. The largest absolute Gasteiger partial charge is 0.377 e. The molecule has 1 unspecified atom stereocenters. The molecule has 0 spiro atoms. The molecule has 1 atom stereocenters. The van der Waals surface area contributed by atoms with Gasteiger partial charge in [0, 0.05) is 13.2 Å². The van der Waals surface area contributed by atoms with Gasteiger partial charge in [0.1, 0.15) is 0 Å². The Labute approximate surface area is 134 Å². The molecule has 0 fully saturated rings. The van der Waals surface area contributed by atoms with Crippen LogP contribution in [0.3, 0.4) is 0 Å². The van der Waals surface area contributed by atoms with Crippen molar-refractivity contribution in [1.29, 1.82) is 0 Å². The Bertz CT molecular complexity index is 205. The number of ether oxygens (including phenoxy) is 1. The van der Waals surface area contributed by atoms with Crippen LogP contribution in [0.5, 0.6) is 0 Å². The van der Waals surface area contributed by atoms with Gasteiger partial charge in [0.05, 0.1) is 5.60 Å². The number of unbranched alkanes of at least 4 members (excludes halogenated alkanes) is 9. The minimum atomic E-state index is -0.0979. The number of hydrogen-bond acceptors (Lipinski definition) is 2. The van der Waals surface area contributed by atoms with Crippen molar-refractivity contribution >= 4 is 0 Å². The first-order chi connectivity index (χ1) is 10.2. The van der Waals surface area contributed by atoms with Crippen LogP contribution < -0.4 is 5.73 Å². The van der Waals surface area contributed by atoms with Gasteiger partial charge in [-0.1, -0.05) is 85.0 Å². The van der Waals surface area contributed by atoms with Crippen molar-refractivity contribution in [2.75, 3.05) is 7.11 Å². The van der Waals surface area contributed by atoms with E-state index in [1.165, 1.54) is 64.2 Å². The number of nitrogens with two attached hydrogens (primary N) is 1. The molecular formula is C19H41NO. The fourth-order valence-electron chi connectivity index (χ4n) is 3.33. The first-order valence-corrected chi connectivity index (χ1v) is 9.47. The highest BCUT2D eigenvalue weighted by Crippen LogP contribution is 2.26. The van der Waals surface area contributed by atoms with Crippen molar-refractivity contribution in [2.24, 2.45) is 5.73 Å². The fraction of sp³-hybridized carbons (Fsp3) is 1.00. The second-order valence-corrected chi connectivity index (χ2v) is 6.55. The van der Waals surface area contributed by atoms with E-state index in [9.17, 15) is 0 Å². The molecule has 0 rings (SSSR count). The molecular weight excluding hydrogens is 258 g/mol. The molecule has 128 valence electrons. The Morgan fingerprint density at radius 3 is 1.57 bits per heavy atom. The molecule has 21 heavy (non-hydrogen) atoms.